The second-order valence-corrected chi connectivity index (χ2v) is 8.20. The van der Waals surface area contributed by atoms with Gasteiger partial charge in [0.25, 0.3) is 11.7 Å². The first kappa shape index (κ1) is 24.8. The number of aliphatic hydroxyl groups is 1. The van der Waals surface area contributed by atoms with E-state index in [0.717, 1.165) is 28.7 Å². The summed E-state index contributed by atoms with van der Waals surface area (Å²) in [5, 5.41) is 11.4. The predicted octanol–water partition coefficient (Wildman–Crippen LogP) is 5.66. The number of hydrogen-bond donors (Lipinski definition) is 1. The lowest BCUT2D eigenvalue weighted by molar-refractivity contribution is -0.137. The van der Waals surface area contributed by atoms with E-state index in [4.69, 9.17) is 9.47 Å². The molecule has 1 atom stereocenters. The second kappa shape index (κ2) is 9.41. The number of aliphatic hydroxyl groups excluding tert-OH is 1. The summed E-state index contributed by atoms with van der Waals surface area (Å²) in [5.41, 5.74) is -0.0586. The van der Waals surface area contributed by atoms with Crippen LogP contribution < -0.4 is 14.4 Å². The molecular weight excluding hydrogens is 475 g/mol. The molecule has 0 radical (unpaired) electrons. The number of nitrogens with zero attached hydrogens (tertiary/aromatic N) is 1. The van der Waals surface area contributed by atoms with Crippen LogP contribution in [0.2, 0.25) is 0 Å². The molecule has 1 N–H and O–H groups in total. The number of halogens is 3. The number of carbonyl (C=O) groups excluding carboxylic acids is 2. The van der Waals surface area contributed by atoms with Crippen LogP contribution in [0.25, 0.3) is 5.76 Å². The third-order valence-corrected chi connectivity index (χ3v) is 5.92. The molecule has 0 aliphatic carbocycles. The van der Waals surface area contributed by atoms with Crippen molar-refractivity contribution in [3.63, 3.8) is 0 Å². The van der Waals surface area contributed by atoms with E-state index >= 15 is 0 Å². The van der Waals surface area contributed by atoms with Crippen LogP contribution in [0.1, 0.15) is 28.3 Å². The van der Waals surface area contributed by atoms with Gasteiger partial charge in [0.2, 0.25) is 0 Å². The fourth-order valence-corrected chi connectivity index (χ4v) is 4.23. The van der Waals surface area contributed by atoms with Gasteiger partial charge in [-0.2, -0.15) is 13.2 Å². The molecule has 1 saturated heterocycles. The zero-order chi connectivity index (χ0) is 26.2. The Morgan fingerprint density at radius 2 is 1.67 bits per heavy atom. The molecule has 0 bridgehead atoms. The Kier molecular flexibility index (Phi) is 6.49. The van der Waals surface area contributed by atoms with Crippen LogP contribution in [0.3, 0.4) is 0 Å². The van der Waals surface area contributed by atoms with E-state index in [1.807, 2.05) is 0 Å². The normalized spacial score (nSPS) is 17.4. The van der Waals surface area contributed by atoms with E-state index in [-0.39, 0.29) is 22.6 Å². The molecule has 36 heavy (non-hydrogen) atoms. The first-order chi connectivity index (χ1) is 17.1. The molecule has 1 heterocycles. The van der Waals surface area contributed by atoms with Gasteiger partial charge in [-0.25, -0.2) is 0 Å². The molecule has 1 unspecified atom stereocenters. The molecule has 6 nitrogen and oxygen atoms in total. The fraction of sp³-hybridized carbons (Fsp3) is 0.185. The highest BCUT2D eigenvalue weighted by Gasteiger charge is 2.47. The number of aryl methyl sites for hydroxylation is 1. The molecule has 3 aromatic carbocycles. The van der Waals surface area contributed by atoms with Crippen molar-refractivity contribution in [1.82, 2.24) is 0 Å². The number of carbonyl (C=O) groups is 2. The molecule has 1 amide bonds. The number of benzene rings is 3. The lowest BCUT2D eigenvalue weighted by Crippen LogP contribution is -2.29. The van der Waals surface area contributed by atoms with Gasteiger partial charge >= 0.3 is 6.18 Å². The summed E-state index contributed by atoms with van der Waals surface area (Å²) in [6.45, 7) is 1.80. The Balaban J connectivity index is 2.00. The van der Waals surface area contributed by atoms with Gasteiger partial charge < -0.3 is 14.6 Å². The van der Waals surface area contributed by atoms with Gasteiger partial charge in [-0.15, -0.1) is 0 Å². The lowest BCUT2D eigenvalue weighted by atomic mass is 9.94. The molecule has 9 heteroatoms. The van der Waals surface area contributed by atoms with Crippen molar-refractivity contribution in [2.75, 3.05) is 19.1 Å². The van der Waals surface area contributed by atoms with Crippen molar-refractivity contribution in [3.8, 4) is 11.5 Å². The first-order valence-corrected chi connectivity index (χ1v) is 10.8. The number of amides is 1. The monoisotopic (exact) mass is 497 g/mol. The van der Waals surface area contributed by atoms with E-state index < -0.39 is 35.2 Å². The number of hydrogen-bond acceptors (Lipinski definition) is 5. The van der Waals surface area contributed by atoms with Crippen LogP contribution in [-0.2, 0) is 15.8 Å². The maximum Gasteiger partial charge on any atom is 0.416 e. The topological polar surface area (TPSA) is 76.1 Å². The van der Waals surface area contributed by atoms with Crippen molar-refractivity contribution in [2.24, 2.45) is 0 Å². The van der Waals surface area contributed by atoms with E-state index in [2.05, 4.69) is 0 Å². The van der Waals surface area contributed by atoms with Crippen LogP contribution in [0.4, 0.5) is 18.9 Å². The van der Waals surface area contributed by atoms with Crippen molar-refractivity contribution >= 4 is 23.1 Å². The van der Waals surface area contributed by atoms with Gasteiger partial charge in [-0.3, -0.25) is 14.5 Å². The Labute approximate surface area is 205 Å². The van der Waals surface area contributed by atoms with E-state index in [1.165, 1.54) is 32.4 Å². The number of Topliss-reactive ketones (excluding diaryl/α,β-unsaturated/α-hetero) is 1. The van der Waals surface area contributed by atoms with Crippen LogP contribution in [0, 0.1) is 6.92 Å². The van der Waals surface area contributed by atoms with Gasteiger partial charge in [-0.05, 0) is 48.9 Å². The summed E-state index contributed by atoms with van der Waals surface area (Å²) in [5.74, 6) is -2.08. The van der Waals surface area contributed by atoms with E-state index in [1.54, 1.807) is 37.3 Å². The zero-order valence-corrected chi connectivity index (χ0v) is 19.6. The van der Waals surface area contributed by atoms with Crippen molar-refractivity contribution < 1.29 is 37.3 Å². The number of ketones is 1. The Morgan fingerprint density at radius 3 is 2.31 bits per heavy atom. The summed E-state index contributed by atoms with van der Waals surface area (Å²) in [4.78, 5) is 27.5. The Bertz CT molecular complexity index is 1380. The smallest absolute Gasteiger partial charge is 0.416 e. The first-order valence-electron chi connectivity index (χ1n) is 10.8. The van der Waals surface area contributed by atoms with Crippen LogP contribution in [0.5, 0.6) is 11.5 Å². The molecule has 0 spiro atoms. The van der Waals surface area contributed by atoms with Crippen molar-refractivity contribution in [1.29, 1.82) is 0 Å². The molecular formula is C27H22F3NO5. The SMILES string of the molecule is COc1ccc(OC)c(/C(O)=C2\C(=O)C(=O)N(c3cccc(C(F)(F)F)c3)C2c2cccc(C)c2)c1. The van der Waals surface area contributed by atoms with Gasteiger partial charge in [0.1, 0.15) is 17.3 Å². The molecule has 4 rings (SSSR count). The van der Waals surface area contributed by atoms with Gasteiger partial charge in [0.15, 0.2) is 0 Å². The highest BCUT2D eigenvalue weighted by Crippen LogP contribution is 2.44. The van der Waals surface area contributed by atoms with E-state index in [0.29, 0.717) is 11.3 Å². The zero-order valence-electron chi connectivity index (χ0n) is 19.6. The standard InChI is InChI=1S/C27H22F3NO5/c1-15-6-4-7-16(12-15)23-22(24(32)20-14-19(35-2)10-11-21(20)36-3)25(33)26(34)31(23)18-9-5-8-17(13-18)27(28,29)30/h4-14,23,32H,1-3H3/b24-22+. The number of alkyl halides is 3. The fourth-order valence-electron chi connectivity index (χ4n) is 4.23. The number of rotatable bonds is 5. The highest BCUT2D eigenvalue weighted by molar-refractivity contribution is 6.51. The number of ether oxygens (including phenoxy) is 2. The predicted molar refractivity (Wildman–Crippen MR) is 127 cm³/mol. The minimum Gasteiger partial charge on any atom is -0.507 e. The van der Waals surface area contributed by atoms with Crippen molar-refractivity contribution in [3.05, 3.63) is 94.6 Å². The summed E-state index contributed by atoms with van der Waals surface area (Å²) in [7, 11) is 2.79. The molecule has 3 aromatic rings. The third kappa shape index (κ3) is 4.39. The molecule has 1 aliphatic heterocycles. The third-order valence-electron chi connectivity index (χ3n) is 5.92. The quantitative estimate of drug-likeness (QED) is 0.280. The summed E-state index contributed by atoms with van der Waals surface area (Å²) < 4.78 is 50.9. The van der Waals surface area contributed by atoms with Crippen LogP contribution in [-0.4, -0.2) is 31.0 Å². The molecule has 1 fully saturated rings. The molecule has 0 saturated carbocycles. The average Bonchev–Trinajstić information content (AvgIpc) is 3.13. The van der Waals surface area contributed by atoms with Crippen LogP contribution in [0.15, 0.2) is 72.3 Å². The Morgan fingerprint density at radius 1 is 0.944 bits per heavy atom. The van der Waals surface area contributed by atoms with Gasteiger partial charge in [0.05, 0.1) is 37.0 Å². The maximum absolute atomic E-state index is 13.4. The number of methoxy groups -OCH3 is 2. The maximum atomic E-state index is 13.4. The largest absolute Gasteiger partial charge is 0.507 e. The lowest BCUT2D eigenvalue weighted by Gasteiger charge is -2.26. The highest BCUT2D eigenvalue weighted by atomic mass is 19.4. The van der Waals surface area contributed by atoms with Crippen LogP contribution >= 0.6 is 0 Å². The number of anilines is 1. The van der Waals surface area contributed by atoms with Gasteiger partial charge in [-0.1, -0.05) is 35.9 Å². The molecule has 1 aliphatic rings. The summed E-state index contributed by atoms with van der Waals surface area (Å²) >= 11 is 0. The van der Waals surface area contributed by atoms with Gasteiger partial charge in [0, 0.05) is 5.69 Å². The second-order valence-electron chi connectivity index (χ2n) is 8.20. The molecule has 0 aromatic heterocycles. The summed E-state index contributed by atoms with van der Waals surface area (Å²) in [6.07, 6.45) is -4.66. The average molecular weight is 497 g/mol. The Hall–Kier alpha value is -4.27. The molecule has 186 valence electrons. The van der Waals surface area contributed by atoms with E-state index in [9.17, 15) is 27.9 Å². The summed E-state index contributed by atoms with van der Waals surface area (Å²) in [6, 6.07) is 14.4. The van der Waals surface area contributed by atoms with Crippen molar-refractivity contribution in [2.45, 2.75) is 19.1 Å². The minimum absolute atomic E-state index is 0.0940. The minimum atomic E-state index is -4.66.